The number of amides is 4. The van der Waals surface area contributed by atoms with E-state index in [4.69, 9.17) is 0 Å². The number of urea groups is 1. The largest absolute Gasteiger partial charge is 0.334 e. The highest BCUT2D eigenvalue weighted by Crippen LogP contribution is 2.29. The summed E-state index contributed by atoms with van der Waals surface area (Å²) in [6.45, 7) is 3.17. The minimum atomic E-state index is -0.586. The van der Waals surface area contributed by atoms with Gasteiger partial charge in [0, 0.05) is 20.1 Å². The molecule has 35 heavy (non-hydrogen) atoms. The maximum Gasteiger partial charge on any atom is 0.334 e. The van der Waals surface area contributed by atoms with E-state index >= 15 is 0 Å². The van der Waals surface area contributed by atoms with E-state index in [0.29, 0.717) is 19.5 Å². The maximum atomic E-state index is 13.6. The Balaban J connectivity index is 1.59. The van der Waals surface area contributed by atoms with Crippen molar-refractivity contribution < 1.29 is 14.4 Å². The first-order valence-electron chi connectivity index (χ1n) is 11.9. The molecular weight excluding hydrogens is 462 g/mol. The van der Waals surface area contributed by atoms with Crippen LogP contribution in [0.5, 0.6) is 0 Å². The molecule has 0 saturated carbocycles. The van der Waals surface area contributed by atoms with Crippen LogP contribution < -0.4 is 5.32 Å². The first kappa shape index (κ1) is 25.1. The van der Waals surface area contributed by atoms with Gasteiger partial charge in [-0.1, -0.05) is 60.2 Å². The summed E-state index contributed by atoms with van der Waals surface area (Å²) in [4.78, 5) is 43.5. The summed E-state index contributed by atoms with van der Waals surface area (Å²) >= 11 is 1.65. The summed E-state index contributed by atoms with van der Waals surface area (Å²) in [5, 5.41) is 6.25. The Hall–Kier alpha value is -3.04. The lowest BCUT2D eigenvalue weighted by molar-refractivity contribution is -0.187. The zero-order valence-corrected chi connectivity index (χ0v) is 21.3. The van der Waals surface area contributed by atoms with Crippen LogP contribution in [-0.4, -0.2) is 82.0 Å². The van der Waals surface area contributed by atoms with Crippen molar-refractivity contribution in [3.63, 3.8) is 0 Å². The summed E-state index contributed by atoms with van der Waals surface area (Å²) in [5.41, 5.74) is 3.17. The summed E-state index contributed by atoms with van der Waals surface area (Å²) in [6.07, 6.45) is 1.98. The Kier molecular flexibility index (Phi) is 7.97. The number of aryl methyl sites for hydroxylation is 1. The van der Waals surface area contributed by atoms with Crippen LogP contribution in [0, 0.1) is 6.92 Å². The number of benzene rings is 2. The topological polar surface area (TPSA) is 76.2 Å². The summed E-state index contributed by atoms with van der Waals surface area (Å²) < 4.78 is 0. The average molecular weight is 496 g/mol. The number of nitrogens with zero attached hydrogens (tertiary/aromatic N) is 4. The van der Waals surface area contributed by atoms with Crippen molar-refractivity contribution in [2.45, 2.75) is 38.6 Å². The number of carbonyl (C=O) groups excluding carboxylic acids is 3. The maximum absolute atomic E-state index is 13.6. The molecule has 8 nitrogen and oxygen atoms in total. The third-order valence-corrected chi connectivity index (χ3v) is 7.17. The second-order valence-electron chi connectivity index (χ2n) is 9.09. The van der Waals surface area contributed by atoms with E-state index in [0.717, 1.165) is 22.4 Å². The Bertz CT molecular complexity index is 1050. The smallest absolute Gasteiger partial charge is 0.333 e. The fourth-order valence-electron chi connectivity index (χ4n) is 4.72. The molecule has 9 heteroatoms. The lowest BCUT2D eigenvalue weighted by atomic mass is 10.0. The van der Waals surface area contributed by atoms with Crippen molar-refractivity contribution in [3.05, 3.63) is 71.3 Å². The predicted octanol–water partition coefficient (Wildman–Crippen LogP) is 2.69. The molecule has 4 amide bonds. The van der Waals surface area contributed by atoms with Crippen LogP contribution >= 0.6 is 11.8 Å². The quantitative estimate of drug-likeness (QED) is 0.639. The molecular formula is C26H33N5O3S. The van der Waals surface area contributed by atoms with Crippen molar-refractivity contribution in [2.24, 2.45) is 0 Å². The zero-order valence-electron chi connectivity index (χ0n) is 20.5. The van der Waals surface area contributed by atoms with Gasteiger partial charge in [-0.3, -0.25) is 9.59 Å². The predicted molar refractivity (Wildman–Crippen MR) is 137 cm³/mol. The summed E-state index contributed by atoms with van der Waals surface area (Å²) in [5.74, 6) is 0.568. The van der Waals surface area contributed by atoms with Gasteiger partial charge in [0.15, 0.2) is 0 Å². The molecule has 0 bridgehead atoms. The van der Waals surface area contributed by atoms with Gasteiger partial charge in [0.05, 0.1) is 13.1 Å². The fourth-order valence-corrected chi connectivity index (χ4v) is 5.18. The minimum absolute atomic E-state index is 0.0519. The van der Waals surface area contributed by atoms with Gasteiger partial charge in [0.2, 0.25) is 11.8 Å². The molecule has 186 valence electrons. The SMILES string of the molecule is CSCC[C@H]1C(=O)N(Cc2ccc(C)cc2)C[C@H]2N1C(=O)CN(C)N2C(=O)NCc1ccccc1. The van der Waals surface area contributed by atoms with Gasteiger partial charge < -0.3 is 15.1 Å². The van der Waals surface area contributed by atoms with Crippen molar-refractivity contribution in [3.8, 4) is 0 Å². The molecule has 0 unspecified atom stereocenters. The molecule has 2 aliphatic heterocycles. The van der Waals surface area contributed by atoms with E-state index < -0.39 is 12.2 Å². The number of nitrogens with one attached hydrogen (secondary N) is 1. The summed E-state index contributed by atoms with van der Waals surface area (Å²) in [6, 6.07) is 16.9. The molecule has 4 rings (SSSR count). The molecule has 2 aromatic rings. The molecule has 2 aliphatic rings. The number of hydrogen-bond acceptors (Lipinski definition) is 5. The van der Waals surface area contributed by atoms with Crippen molar-refractivity contribution in [1.82, 2.24) is 25.1 Å². The molecule has 0 aliphatic carbocycles. The third-order valence-electron chi connectivity index (χ3n) is 6.52. The van der Waals surface area contributed by atoms with E-state index in [1.807, 2.05) is 67.8 Å². The number of thioether (sulfide) groups is 1. The van der Waals surface area contributed by atoms with E-state index in [2.05, 4.69) is 5.32 Å². The monoisotopic (exact) mass is 495 g/mol. The third kappa shape index (κ3) is 5.62. The Morgan fingerprint density at radius 3 is 2.46 bits per heavy atom. The highest BCUT2D eigenvalue weighted by molar-refractivity contribution is 7.98. The van der Waals surface area contributed by atoms with Crippen LogP contribution in [0.4, 0.5) is 4.79 Å². The van der Waals surface area contributed by atoms with Crippen LogP contribution in [0.25, 0.3) is 0 Å². The van der Waals surface area contributed by atoms with E-state index in [9.17, 15) is 14.4 Å². The number of fused-ring (bicyclic) bond motifs is 1. The standard InChI is InChI=1S/C26H33N5O3S/c1-19-9-11-21(12-10-19)16-29-17-23-30(22(25(29)33)13-14-35-3)24(32)18-28(2)31(23)26(34)27-15-20-7-5-4-6-8-20/h4-12,22-23H,13-18H2,1-3H3,(H,27,34)/t22-,23-/m0/s1. The van der Waals surface area contributed by atoms with Crippen LogP contribution in [0.2, 0.25) is 0 Å². The highest BCUT2D eigenvalue weighted by atomic mass is 32.2. The second-order valence-corrected chi connectivity index (χ2v) is 10.1. The average Bonchev–Trinajstić information content (AvgIpc) is 2.85. The second kappa shape index (κ2) is 11.1. The van der Waals surface area contributed by atoms with Gasteiger partial charge in [-0.15, -0.1) is 0 Å². The van der Waals surface area contributed by atoms with Crippen LogP contribution in [0.1, 0.15) is 23.1 Å². The van der Waals surface area contributed by atoms with Crippen molar-refractivity contribution in [1.29, 1.82) is 0 Å². The number of likely N-dealkylation sites (N-methyl/N-ethyl adjacent to an activating group) is 1. The van der Waals surface area contributed by atoms with E-state index in [-0.39, 0.29) is 30.9 Å². The molecule has 2 heterocycles. The van der Waals surface area contributed by atoms with Crippen molar-refractivity contribution in [2.75, 3.05) is 32.1 Å². The number of rotatable bonds is 7. The fraction of sp³-hybridized carbons (Fsp3) is 0.423. The molecule has 2 aromatic carbocycles. The van der Waals surface area contributed by atoms with Gasteiger partial charge in [0.25, 0.3) is 0 Å². The Morgan fingerprint density at radius 1 is 1.06 bits per heavy atom. The van der Waals surface area contributed by atoms with Crippen LogP contribution in [0.15, 0.2) is 54.6 Å². The molecule has 2 fully saturated rings. The molecule has 0 spiro atoms. The lowest BCUT2D eigenvalue weighted by Gasteiger charge is -2.54. The highest BCUT2D eigenvalue weighted by Gasteiger charge is 2.50. The number of hydrazine groups is 1. The van der Waals surface area contributed by atoms with E-state index in [1.165, 1.54) is 0 Å². The van der Waals surface area contributed by atoms with Gasteiger partial charge in [-0.05, 0) is 36.5 Å². The van der Waals surface area contributed by atoms with Gasteiger partial charge in [0.1, 0.15) is 12.2 Å². The Labute approximate surface area is 211 Å². The minimum Gasteiger partial charge on any atom is -0.333 e. The van der Waals surface area contributed by atoms with Crippen LogP contribution in [-0.2, 0) is 22.7 Å². The first-order chi connectivity index (χ1) is 16.9. The number of piperazine rings is 1. The molecule has 0 radical (unpaired) electrons. The molecule has 2 saturated heterocycles. The van der Waals surface area contributed by atoms with E-state index in [1.54, 1.807) is 38.6 Å². The zero-order chi connectivity index (χ0) is 24.9. The molecule has 2 atom stereocenters. The molecule has 1 N–H and O–H groups in total. The first-order valence-corrected chi connectivity index (χ1v) is 13.2. The number of carbonyl (C=O) groups is 3. The van der Waals surface area contributed by atoms with Gasteiger partial charge in [-0.2, -0.15) is 11.8 Å². The summed E-state index contributed by atoms with van der Waals surface area (Å²) in [7, 11) is 1.75. The Morgan fingerprint density at radius 2 is 1.77 bits per heavy atom. The normalized spacial score (nSPS) is 20.7. The van der Waals surface area contributed by atoms with Gasteiger partial charge in [-0.25, -0.2) is 14.8 Å². The van der Waals surface area contributed by atoms with Crippen LogP contribution in [0.3, 0.4) is 0 Å². The molecule has 0 aromatic heterocycles. The van der Waals surface area contributed by atoms with Gasteiger partial charge >= 0.3 is 6.03 Å². The van der Waals surface area contributed by atoms with Crippen molar-refractivity contribution >= 4 is 29.6 Å². The number of hydrogen-bond donors (Lipinski definition) is 1. The lowest BCUT2D eigenvalue weighted by Crippen LogP contribution is -2.75.